The van der Waals surface area contributed by atoms with Gasteiger partial charge in [-0.15, -0.1) is 11.3 Å². The van der Waals surface area contributed by atoms with Crippen LogP contribution in [0.1, 0.15) is 11.3 Å². The molecule has 1 aromatic rings. The van der Waals surface area contributed by atoms with Crippen molar-refractivity contribution in [3.05, 3.63) is 22.4 Å². The number of nitrogens with one attached hydrogen (secondary N) is 1. The van der Waals surface area contributed by atoms with Crippen LogP contribution in [0.15, 0.2) is 17.5 Å². The number of thioether (sulfide) groups is 1. The van der Waals surface area contributed by atoms with E-state index < -0.39 is 0 Å². The van der Waals surface area contributed by atoms with E-state index in [0.717, 1.165) is 18.7 Å². The van der Waals surface area contributed by atoms with Crippen molar-refractivity contribution in [2.45, 2.75) is 19.0 Å². The molecule has 1 atom stereocenters. The number of hydrogen-bond donors (Lipinski definition) is 2. The van der Waals surface area contributed by atoms with Gasteiger partial charge in [0.05, 0.1) is 6.61 Å². The van der Waals surface area contributed by atoms with Crippen LogP contribution < -0.4 is 5.32 Å². The molecule has 4 heteroatoms. The van der Waals surface area contributed by atoms with Crippen LogP contribution in [-0.4, -0.2) is 29.8 Å². The van der Waals surface area contributed by atoms with Crippen molar-refractivity contribution in [1.29, 1.82) is 0 Å². The highest BCUT2D eigenvalue weighted by Gasteiger charge is 2.05. The first-order valence-electron chi connectivity index (χ1n) is 4.72. The van der Waals surface area contributed by atoms with E-state index >= 15 is 0 Å². The van der Waals surface area contributed by atoms with Crippen molar-refractivity contribution >= 4 is 23.1 Å². The van der Waals surface area contributed by atoms with Gasteiger partial charge in [-0.25, -0.2) is 0 Å². The normalized spacial score (nSPS) is 13.0. The van der Waals surface area contributed by atoms with Crippen LogP contribution in [0, 0.1) is 0 Å². The molecular formula is C10H17NOS2. The van der Waals surface area contributed by atoms with Gasteiger partial charge in [-0.1, -0.05) is 6.07 Å². The fourth-order valence-electron chi connectivity index (χ4n) is 1.18. The molecule has 1 rings (SSSR count). The second-order valence-corrected chi connectivity index (χ2v) is 5.14. The van der Waals surface area contributed by atoms with E-state index in [9.17, 15) is 0 Å². The first-order chi connectivity index (χ1) is 6.86. The number of rotatable bonds is 7. The van der Waals surface area contributed by atoms with Crippen LogP contribution in [0.5, 0.6) is 0 Å². The molecule has 0 aliphatic rings. The molecule has 2 N–H and O–H groups in total. The summed E-state index contributed by atoms with van der Waals surface area (Å²) in [6, 6.07) is 4.41. The van der Waals surface area contributed by atoms with Gasteiger partial charge < -0.3 is 10.4 Å². The van der Waals surface area contributed by atoms with Gasteiger partial charge in [0, 0.05) is 17.5 Å². The molecule has 1 unspecified atom stereocenters. The zero-order chi connectivity index (χ0) is 10.2. The Kier molecular flexibility index (Phi) is 6.27. The van der Waals surface area contributed by atoms with Gasteiger partial charge in [0.25, 0.3) is 0 Å². The fraction of sp³-hybridized carbons (Fsp3) is 0.600. The van der Waals surface area contributed by atoms with Crippen LogP contribution in [0.2, 0.25) is 0 Å². The first-order valence-corrected chi connectivity index (χ1v) is 6.99. The molecule has 14 heavy (non-hydrogen) atoms. The van der Waals surface area contributed by atoms with Crippen LogP contribution in [0.3, 0.4) is 0 Å². The van der Waals surface area contributed by atoms with Crippen molar-refractivity contribution in [3.8, 4) is 0 Å². The van der Waals surface area contributed by atoms with Crippen LogP contribution >= 0.6 is 23.1 Å². The van der Waals surface area contributed by atoms with E-state index in [1.54, 1.807) is 11.3 Å². The third-order valence-electron chi connectivity index (χ3n) is 2.04. The van der Waals surface area contributed by atoms with E-state index in [-0.39, 0.29) is 12.6 Å². The molecule has 0 fully saturated rings. The Morgan fingerprint density at radius 3 is 3.07 bits per heavy atom. The second-order valence-electron chi connectivity index (χ2n) is 3.12. The molecular weight excluding hydrogens is 214 g/mol. The predicted molar refractivity (Wildman–Crippen MR) is 65.0 cm³/mol. The predicted octanol–water partition coefficient (Wildman–Crippen LogP) is 1.95. The number of thiophene rings is 1. The van der Waals surface area contributed by atoms with E-state index in [2.05, 4.69) is 29.1 Å². The Hall–Kier alpha value is -0.0300. The van der Waals surface area contributed by atoms with Crippen LogP contribution in [0.4, 0.5) is 0 Å². The minimum Gasteiger partial charge on any atom is -0.395 e. The smallest absolute Gasteiger partial charge is 0.0585 e. The lowest BCUT2D eigenvalue weighted by Crippen LogP contribution is -2.32. The van der Waals surface area contributed by atoms with Crippen LogP contribution in [-0.2, 0) is 6.54 Å². The molecule has 0 saturated heterocycles. The number of aliphatic hydroxyl groups excluding tert-OH is 1. The van der Waals surface area contributed by atoms with Crippen molar-refractivity contribution in [2.75, 3.05) is 18.6 Å². The van der Waals surface area contributed by atoms with E-state index in [0.29, 0.717) is 0 Å². The maximum Gasteiger partial charge on any atom is 0.0585 e. The van der Waals surface area contributed by atoms with Crippen LogP contribution in [0.25, 0.3) is 0 Å². The molecule has 0 radical (unpaired) electrons. The van der Waals surface area contributed by atoms with Gasteiger partial charge in [-0.05, 0) is 29.9 Å². The highest BCUT2D eigenvalue weighted by atomic mass is 32.2. The summed E-state index contributed by atoms with van der Waals surface area (Å²) in [6.07, 6.45) is 3.12. The third kappa shape index (κ3) is 4.46. The van der Waals surface area contributed by atoms with Gasteiger partial charge in [0.2, 0.25) is 0 Å². The van der Waals surface area contributed by atoms with Gasteiger partial charge in [0.15, 0.2) is 0 Å². The van der Waals surface area contributed by atoms with E-state index in [1.807, 2.05) is 11.8 Å². The Bertz CT molecular complexity index is 226. The topological polar surface area (TPSA) is 32.3 Å². The van der Waals surface area contributed by atoms with Crippen molar-refractivity contribution < 1.29 is 5.11 Å². The Labute approximate surface area is 93.7 Å². The monoisotopic (exact) mass is 231 g/mol. The average molecular weight is 231 g/mol. The highest BCUT2D eigenvalue weighted by Crippen LogP contribution is 2.08. The number of hydrogen-bond acceptors (Lipinski definition) is 4. The minimum atomic E-state index is 0.228. The van der Waals surface area contributed by atoms with Crippen molar-refractivity contribution in [2.24, 2.45) is 0 Å². The second kappa shape index (κ2) is 7.29. The summed E-state index contributed by atoms with van der Waals surface area (Å²) in [5, 5.41) is 14.5. The summed E-state index contributed by atoms with van der Waals surface area (Å²) in [4.78, 5) is 1.33. The maximum atomic E-state index is 9.11. The molecule has 0 aromatic carbocycles. The molecule has 0 aliphatic carbocycles. The largest absolute Gasteiger partial charge is 0.395 e. The molecule has 0 spiro atoms. The molecule has 1 aromatic heterocycles. The summed E-state index contributed by atoms with van der Waals surface area (Å²) in [5.74, 6) is 1.10. The summed E-state index contributed by atoms with van der Waals surface area (Å²) in [6.45, 7) is 1.10. The van der Waals surface area contributed by atoms with E-state index in [1.165, 1.54) is 4.88 Å². The minimum absolute atomic E-state index is 0.228. The van der Waals surface area contributed by atoms with Gasteiger partial charge in [-0.2, -0.15) is 11.8 Å². The molecule has 80 valence electrons. The number of aliphatic hydroxyl groups is 1. The molecule has 0 amide bonds. The fourth-order valence-corrected chi connectivity index (χ4v) is 2.35. The Balaban J connectivity index is 2.20. The standard InChI is InChI=1S/C10H17NOS2/c1-13-6-4-9(8-12)11-7-10-3-2-5-14-10/h2-3,5,9,11-12H,4,6-8H2,1H3. The Morgan fingerprint density at radius 1 is 1.64 bits per heavy atom. The maximum absolute atomic E-state index is 9.11. The lowest BCUT2D eigenvalue weighted by atomic mass is 10.2. The Morgan fingerprint density at radius 2 is 2.50 bits per heavy atom. The molecule has 2 nitrogen and oxygen atoms in total. The molecule has 0 bridgehead atoms. The molecule has 0 aliphatic heterocycles. The zero-order valence-corrected chi connectivity index (χ0v) is 10.0. The van der Waals surface area contributed by atoms with Crippen molar-refractivity contribution in [1.82, 2.24) is 5.32 Å². The SMILES string of the molecule is CSCCC(CO)NCc1cccs1. The first kappa shape index (κ1) is 12.0. The van der Waals surface area contributed by atoms with Gasteiger partial charge in [-0.3, -0.25) is 0 Å². The molecule has 0 saturated carbocycles. The third-order valence-corrected chi connectivity index (χ3v) is 3.56. The van der Waals surface area contributed by atoms with E-state index in [4.69, 9.17) is 5.11 Å². The summed E-state index contributed by atoms with van der Waals surface area (Å²) >= 11 is 3.57. The lowest BCUT2D eigenvalue weighted by molar-refractivity contribution is 0.239. The lowest BCUT2D eigenvalue weighted by Gasteiger charge is -2.14. The molecule has 1 heterocycles. The van der Waals surface area contributed by atoms with Gasteiger partial charge in [0.1, 0.15) is 0 Å². The highest BCUT2D eigenvalue weighted by molar-refractivity contribution is 7.98. The zero-order valence-electron chi connectivity index (χ0n) is 8.40. The van der Waals surface area contributed by atoms with Gasteiger partial charge >= 0.3 is 0 Å². The average Bonchev–Trinajstić information content (AvgIpc) is 2.71. The quantitative estimate of drug-likeness (QED) is 0.752. The summed E-state index contributed by atoms with van der Waals surface area (Å²) < 4.78 is 0. The van der Waals surface area contributed by atoms with Crippen molar-refractivity contribution in [3.63, 3.8) is 0 Å². The summed E-state index contributed by atoms with van der Waals surface area (Å²) in [5.41, 5.74) is 0. The summed E-state index contributed by atoms with van der Waals surface area (Å²) in [7, 11) is 0.